The monoisotopic (exact) mass is 213 g/mol. The van der Waals surface area contributed by atoms with Crippen LogP contribution < -0.4 is 5.73 Å². The van der Waals surface area contributed by atoms with E-state index in [9.17, 15) is 0 Å². The lowest BCUT2D eigenvalue weighted by molar-refractivity contribution is 0.807. The van der Waals surface area contributed by atoms with E-state index in [1.54, 1.807) is 0 Å². The second-order valence-electron chi connectivity index (χ2n) is 4.40. The van der Waals surface area contributed by atoms with Gasteiger partial charge in [-0.3, -0.25) is 0 Å². The van der Waals surface area contributed by atoms with Crippen LogP contribution in [-0.4, -0.2) is 9.55 Å². The maximum Gasteiger partial charge on any atom is 0.127 e. The largest absolute Gasteiger partial charge is 0.384 e. The van der Waals surface area contributed by atoms with Crippen LogP contribution in [0.1, 0.15) is 30.0 Å². The summed E-state index contributed by atoms with van der Waals surface area (Å²) in [5.41, 5.74) is 8.44. The molecule has 0 saturated heterocycles. The molecule has 0 radical (unpaired) electrons. The third-order valence-electron chi connectivity index (χ3n) is 3.07. The molecule has 2 aromatic rings. The van der Waals surface area contributed by atoms with Gasteiger partial charge in [0.05, 0.1) is 18.6 Å². The van der Waals surface area contributed by atoms with Gasteiger partial charge >= 0.3 is 0 Å². The van der Waals surface area contributed by atoms with Crippen LogP contribution >= 0.6 is 0 Å². The van der Waals surface area contributed by atoms with Gasteiger partial charge in [-0.25, -0.2) is 4.98 Å². The van der Waals surface area contributed by atoms with Crippen LogP contribution in [0.3, 0.4) is 0 Å². The zero-order valence-corrected chi connectivity index (χ0v) is 9.13. The maximum atomic E-state index is 6.09. The summed E-state index contributed by atoms with van der Waals surface area (Å²) < 4.78 is 2.03. The highest BCUT2D eigenvalue weighted by atomic mass is 15.1. The van der Waals surface area contributed by atoms with E-state index in [2.05, 4.69) is 17.1 Å². The SMILES string of the molecule is Nc1c(C2CC2)ncn1Cc1ccccc1. The Morgan fingerprint density at radius 1 is 1.25 bits per heavy atom. The number of anilines is 1. The van der Waals surface area contributed by atoms with Gasteiger partial charge in [-0.1, -0.05) is 30.3 Å². The van der Waals surface area contributed by atoms with Gasteiger partial charge in [0, 0.05) is 5.92 Å². The smallest absolute Gasteiger partial charge is 0.127 e. The average molecular weight is 213 g/mol. The highest BCUT2D eigenvalue weighted by Gasteiger charge is 2.28. The Morgan fingerprint density at radius 2 is 2.00 bits per heavy atom. The van der Waals surface area contributed by atoms with E-state index in [1.807, 2.05) is 29.1 Å². The molecule has 1 saturated carbocycles. The summed E-state index contributed by atoms with van der Waals surface area (Å²) >= 11 is 0. The summed E-state index contributed by atoms with van der Waals surface area (Å²) in [6, 6.07) is 10.3. The summed E-state index contributed by atoms with van der Waals surface area (Å²) in [4.78, 5) is 4.41. The van der Waals surface area contributed by atoms with Gasteiger partial charge in [-0.05, 0) is 18.4 Å². The zero-order valence-electron chi connectivity index (χ0n) is 9.13. The second kappa shape index (κ2) is 3.67. The molecule has 2 N–H and O–H groups in total. The zero-order chi connectivity index (χ0) is 11.0. The van der Waals surface area contributed by atoms with Crippen molar-refractivity contribution in [1.29, 1.82) is 0 Å². The van der Waals surface area contributed by atoms with Crippen LogP contribution in [0.15, 0.2) is 36.7 Å². The first-order valence-corrected chi connectivity index (χ1v) is 5.69. The molecule has 0 bridgehead atoms. The summed E-state index contributed by atoms with van der Waals surface area (Å²) in [6.07, 6.45) is 4.34. The maximum absolute atomic E-state index is 6.09. The molecule has 0 amide bonds. The number of rotatable bonds is 3. The van der Waals surface area contributed by atoms with E-state index in [4.69, 9.17) is 5.73 Å². The predicted octanol–water partition coefficient (Wildman–Crippen LogP) is 2.39. The standard InChI is InChI=1S/C13H15N3/c14-13-12(11-6-7-11)15-9-16(13)8-10-4-2-1-3-5-10/h1-5,9,11H,6-8,14H2. The molecule has 1 aromatic carbocycles. The van der Waals surface area contributed by atoms with Crippen molar-refractivity contribution >= 4 is 5.82 Å². The van der Waals surface area contributed by atoms with Gasteiger partial charge in [-0.15, -0.1) is 0 Å². The Morgan fingerprint density at radius 3 is 2.69 bits per heavy atom. The highest BCUT2D eigenvalue weighted by molar-refractivity contribution is 5.41. The fourth-order valence-electron chi connectivity index (χ4n) is 1.98. The molecule has 0 unspecified atom stereocenters. The minimum atomic E-state index is 0.622. The molecule has 0 spiro atoms. The van der Waals surface area contributed by atoms with Crippen LogP contribution in [0.25, 0.3) is 0 Å². The number of imidazole rings is 1. The van der Waals surface area contributed by atoms with Gasteiger partial charge in [0.2, 0.25) is 0 Å². The molecule has 1 heterocycles. The molecule has 3 rings (SSSR count). The summed E-state index contributed by atoms with van der Waals surface area (Å²) in [7, 11) is 0. The van der Waals surface area contributed by atoms with Crippen LogP contribution in [0, 0.1) is 0 Å². The van der Waals surface area contributed by atoms with E-state index in [1.165, 1.54) is 18.4 Å². The highest BCUT2D eigenvalue weighted by Crippen LogP contribution is 2.41. The fraction of sp³-hybridized carbons (Fsp3) is 0.308. The topological polar surface area (TPSA) is 43.8 Å². The van der Waals surface area contributed by atoms with Crippen LogP contribution in [0.2, 0.25) is 0 Å². The lowest BCUT2D eigenvalue weighted by Crippen LogP contribution is -2.03. The van der Waals surface area contributed by atoms with Gasteiger partial charge in [0.1, 0.15) is 5.82 Å². The lowest BCUT2D eigenvalue weighted by atomic mass is 10.2. The molecule has 1 fully saturated rings. The Hall–Kier alpha value is -1.77. The van der Waals surface area contributed by atoms with Gasteiger partial charge < -0.3 is 10.3 Å². The average Bonchev–Trinajstić information content (AvgIpc) is 3.08. The van der Waals surface area contributed by atoms with Crippen molar-refractivity contribution in [3.63, 3.8) is 0 Å². The first-order chi connectivity index (χ1) is 7.84. The van der Waals surface area contributed by atoms with Crippen molar-refractivity contribution in [2.45, 2.75) is 25.3 Å². The molecule has 1 aromatic heterocycles. The fourth-order valence-corrected chi connectivity index (χ4v) is 1.98. The molecular formula is C13H15N3. The van der Waals surface area contributed by atoms with Crippen LogP contribution in [0.5, 0.6) is 0 Å². The Bertz CT molecular complexity index is 483. The predicted molar refractivity (Wildman–Crippen MR) is 64.2 cm³/mol. The molecule has 3 heteroatoms. The molecule has 0 atom stereocenters. The molecule has 3 nitrogen and oxygen atoms in total. The molecule has 1 aliphatic rings. The van der Waals surface area contributed by atoms with Crippen molar-refractivity contribution < 1.29 is 0 Å². The van der Waals surface area contributed by atoms with E-state index in [0.29, 0.717) is 5.92 Å². The van der Waals surface area contributed by atoms with E-state index in [-0.39, 0.29) is 0 Å². The molecule has 0 aliphatic heterocycles. The summed E-state index contributed by atoms with van der Waals surface area (Å²) in [5.74, 6) is 1.46. The molecular weight excluding hydrogens is 198 g/mol. The number of nitrogens with zero attached hydrogens (tertiary/aromatic N) is 2. The van der Waals surface area contributed by atoms with Gasteiger partial charge in [0.25, 0.3) is 0 Å². The Kier molecular flexibility index (Phi) is 2.17. The Labute approximate surface area is 94.9 Å². The third kappa shape index (κ3) is 1.69. The minimum Gasteiger partial charge on any atom is -0.384 e. The number of nitrogen functional groups attached to an aromatic ring is 1. The van der Waals surface area contributed by atoms with Gasteiger partial charge in [-0.2, -0.15) is 0 Å². The van der Waals surface area contributed by atoms with Crippen molar-refractivity contribution in [1.82, 2.24) is 9.55 Å². The number of hydrogen-bond donors (Lipinski definition) is 1. The Balaban J connectivity index is 1.84. The van der Waals surface area contributed by atoms with Gasteiger partial charge in [0.15, 0.2) is 0 Å². The minimum absolute atomic E-state index is 0.622. The number of benzene rings is 1. The molecule has 1 aliphatic carbocycles. The normalized spacial score (nSPS) is 15.2. The first-order valence-electron chi connectivity index (χ1n) is 5.69. The quantitative estimate of drug-likeness (QED) is 0.850. The van der Waals surface area contributed by atoms with Crippen molar-refractivity contribution in [3.05, 3.63) is 47.9 Å². The van der Waals surface area contributed by atoms with Crippen LogP contribution in [0.4, 0.5) is 5.82 Å². The second-order valence-corrected chi connectivity index (χ2v) is 4.40. The van der Waals surface area contributed by atoms with Crippen LogP contribution in [-0.2, 0) is 6.54 Å². The first kappa shape index (κ1) is 9.46. The molecule has 16 heavy (non-hydrogen) atoms. The number of hydrogen-bond acceptors (Lipinski definition) is 2. The summed E-state index contributed by atoms with van der Waals surface area (Å²) in [6.45, 7) is 0.812. The van der Waals surface area contributed by atoms with Crippen molar-refractivity contribution in [3.8, 4) is 0 Å². The number of aromatic nitrogens is 2. The van der Waals surface area contributed by atoms with Crippen molar-refractivity contribution in [2.24, 2.45) is 0 Å². The summed E-state index contributed by atoms with van der Waals surface area (Å²) in [5, 5.41) is 0. The van der Waals surface area contributed by atoms with E-state index >= 15 is 0 Å². The molecule has 82 valence electrons. The third-order valence-corrected chi connectivity index (χ3v) is 3.07. The van der Waals surface area contributed by atoms with E-state index in [0.717, 1.165) is 18.1 Å². The van der Waals surface area contributed by atoms with E-state index < -0.39 is 0 Å². The van der Waals surface area contributed by atoms with Crippen molar-refractivity contribution in [2.75, 3.05) is 5.73 Å². The number of nitrogens with two attached hydrogens (primary N) is 1. The lowest BCUT2D eigenvalue weighted by Gasteiger charge is -2.05.